The van der Waals surface area contributed by atoms with Crippen molar-refractivity contribution in [1.82, 2.24) is 10.6 Å². The molecule has 0 saturated carbocycles. The van der Waals surface area contributed by atoms with Crippen LogP contribution in [0.5, 0.6) is 0 Å². The van der Waals surface area contributed by atoms with Gasteiger partial charge in [0.1, 0.15) is 4.88 Å². The van der Waals surface area contributed by atoms with Crippen LogP contribution in [0, 0.1) is 5.92 Å². The second-order valence-corrected chi connectivity index (χ2v) is 6.25. The predicted octanol–water partition coefficient (Wildman–Crippen LogP) is 1.49. The fourth-order valence-corrected chi connectivity index (χ4v) is 3.34. The third kappa shape index (κ3) is 4.04. The minimum Gasteiger partial charge on any atom is -0.451 e. The van der Waals surface area contributed by atoms with E-state index in [-0.39, 0.29) is 0 Å². The Morgan fingerprint density at radius 3 is 2.90 bits per heavy atom. The zero-order valence-corrected chi connectivity index (χ0v) is 12.8. The Labute approximate surface area is 126 Å². The maximum absolute atomic E-state index is 11.9. The highest BCUT2D eigenvalue weighted by Crippen LogP contribution is 2.32. The van der Waals surface area contributed by atoms with Gasteiger partial charge in [-0.05, 0) is 36.8 Å². The van der Waals surface area contributed by atoms with E-state index in [1.807, 2.05) is 11.4 Å². The molecule has 21 heavy (non-hydrogen) atoms. The lowest BCUT2D eigenvalue weighted by molar-refractivity contribution is -0.123. The van der Waals surface area contributed by atoms with E-state index in [4.69, 9.17) is 4.74 Å². The number of aryl methyl sites for hydroxylation is 1. The van der Waals surface area contributed by atoms with Crippen molar-refractivity contribution in [1.29, 1.82) is 0 Å². The molecular formula is C14H18N2O4S. The highest BCUT2D eigenvalue weighted by atomic mass is 32.1. The molecule has 114 valence electrons. The number of carbonyl (C=O) groups is 3. The number of ether oxygens (including phenoxy) is 1. The smallest absolute Gasteiger partial charge is 0.348 e. The van der Waals surface area contributed by atoms with Crippen molar-refractivity contribution < 1.29 is 19.1 Å². The molecule has 2 rings (SSSR count). The normalized spacial score (nSPS) is 16.8. The summed E-state index contributed by atoms with van der Waals surface area (Å²) in [5.74, 6) is -0.541. The number of urea groups is 1. The Morgan fingerprint density at radius 1 is 1.43 bits per heavy atom. The summed E-state index contributed by atoms with van der Waals surface area (Å²) in [7, 11) is 1.39. The predicted molar refractivity (Wildman–Crippen MR) is 78.4 cm³/mol. The largest absolute Gasteiger partial charge is 0.451 e. The Hall–Kier alpha value is -1.89. The lowest BCUT2D eigenvalue weighted by Crippen LogP contribution is -2.39. The van der Waals surface area contributed by atoms with Gasteiger partial charge in [0.15, 0.2) is 6.61 Å². The topological polar surface area (TPSA) is 84.5 Å². The van der Waals surface area contributed by atoms with Crippen LogP contribution in [-0.2, 0) is 22.4 Å². The molecule has 1 aromatic heterocycles. The number of hydrogen-bond acceptors (Lipinski definition) is 5. The molecular weight excluding hydrogens is 292 g/mol. The molecule has 1 atom stereocenters. The summed E-state index contributed by atoms with van der Waals surface area (Å²) in [4.78, 5) is 35.9. The second kappa shape index (κ2) is 6.71. The number of nitrogens with one attached hydrogen (secondary N) is 2. The SMILES string of the molecule is CNC(=O)NC(=O)COC(=O)c1cc2c(s1)CC[C@H](C)C2. The third-order valence-electron chi connectivity index (χ3n) is 3.34. The Kier molecular flexibility index (Phi) is 4.95. The van der Waals surface area contributed by atoms with Crippen molar-refractivity contribution in [3.8, 4) is 0 Å². The van der Waals surface area contributed by atoms with Crippen LogP contribution in [0.25, 0.3) is 0 Å². The van der Waals surface area contributed by atoms with Gasteiger partial charge in [-0.1, -0.05) is 6.92 Å². The number of imide groups is 1. The minimum absolute atomic E-state index is 0.467. The molecule has 2 N–H and O–H groups in total. The first-order valence-electron chi connectivity index (χ1n) is 6.80. The van der Waals surface area contributed by atoms with Gasteiger partial charge in [0, 0.05) is 11.9 Å². The summed E-state index contributed by atoms with van der Waals surface area (Å²) >= 11 is 1.43. The number of thiophene rings is 1. The van der Waals surface area contributed by atoms with E-state index in [1.165, 1.54) is 28.8 Å². The molecule has 0 aromatic carbocycles. The second-order valence-electron chi connectivity index (χ2n) is 5.11. The fourth-order valence-electron chi connectivity index (χ4n) is 2.23. The average Bonchev–Trinajstić information content (AvgIpc) is 2.87. The minimum atomic E-state index is -0.655. The van der Waals surface area contributed by atoms with Crippen molar-refractivity contribution in [2.24, 2.45) is 5.92 Å². The summed E-state index contributed by atoms with van der Waals surface area (Å²) in [6, 6.07) is 1.23. The molecule has 6 nitrogen and oxygen atoms in total. The lowest BCUT2D eigenvalue weighted by atomic mass is 9.90. The number of rotatable bonds is 3. The third-order valence-corrected chi connectivity index (χ3v) is 4.56. The van der Waals surface area contributed by atoms with Gasteiger partial charge >= 0.3 is 12.0 Å². The van der Waals surface area contributed by atoms with E-state index in [1.54, 1.807) is 0 Å². The van der Waals surface area contributed by atoms with Gasteiger partial charge in [-0.15, -0.1) is 11.3 Å². The van der Waals surface area contributed by atoms with Crippen molar-refractivity contribution in [3.05, 3.63) is 21.4 Å². The Balaban J connectivity index is 1.89. The van der Waals surface area contributed by atoms with Crippen LogP contribution in [0.15, 0.2) is 6.07 Å². The van der Waals surface area contributed by atoms with Gasteiger partial charge in [-0.2, -0.15) is 0 Å². The summed E-state index contributed by atoms with van der Waals surface area (Å²) in [6.07, 6.45) is 3.11. The molecule has 0 unspecified atom stereocenters. The number of fused-ring (bicyclic) bond motifs is 1. The zero-order chi connectivity index (χ0) is 15.4. The molecule has 0 saturated heterocycles. The fraction of sp³-hybridized carbons (Fsp3) is 0.500. The molecule has 1 heterocycles. The van der Waals surface area contributed by atoms with Crippen LogP contribution in [-0.4, -0.2) is 31.6 Å². The molecule has 0 fully saturated rings. The van der Waals surface area contributed by atoms with Gasteiger partial charge in [0.2, 0.25) is 0 Å². The van der Waals surface area contributed by atoms with Crippen molar-refractivity contribution in [2.45, 2.75) is 26.2 Å². The molecule has 1 aromatic rings. The molecule has 3 amide bonds. The van der Waals surface area contributed by atoms with Crippen LogP contribution in [0.4, 0.5) is 4.79 Å². The number of hydrogen-bond donors (Lipinski definition) is 2. The van der Waals surface area contributed by atoms with E-state index in [9.17, 15) is 14.4 Å². The summed E-state index contributed by atoms with van der Waals surface area (Å²) < 4.78 is 4.92. The monoisotopic (exact) mass is 310 g/mol. The van der Waals surface area contributed by atoms with Gasteiger partial charge < -0.3 is 10.1 Å². The maximum Gasteiger partial charge on any atom is 0.348 e. The number of amides is 3. The first-order chi connectivity index (χ1) is 9.99. The quantitative estimate of drug-likeness (QED) is 0.828. The van der Waals surface area contributed by atoms with Crippen molar-refractivity contribution >= 4 is 29.2 Å². The Bertz CT molecular complexity index is 567. The molecule has 0 bridgehead atoms. The zero-order valence-electron chi connectivity index (χ0n) is 12.0. The summed E-state index contributed by atoms with van der Waals surface area (Å²) in [6.45, 7) is 1.73. The average molecular weight is 310 g/mol. The van der Waals surface area contributed by atoms with Gasteiger partial charge in [0.05, 0.1) is 0 Å². The summed E-state index contributed by atoms with van der Waals surface area (Å²) in [5.41, 5.74) is 1.21. The van der Waals surface area contributed by atoms with Crippen LogP contribution in [0.3, 0.4) is 0 Å². The van der Waals surface area contributed by atoms with Crippen molar-refractivity contribution in [3.63, 3.8) is 0 Å². The molecule has 7 heteroatoms. The van der Waals surface area contributed by atoms with E-state index in [0.717, 1.165) is 19.3 Å². The van der Waals surface area contributed by atoms with Crippen LogP contribution in [0.2, 0.25) is 0 Å². The van der Waals surface area contributed by atoms with E-state index in [0.29, 0.717) is 10.8 Å². The first-order valence-corrected chi connectivity index (χ1v) is 7.61. The van der Waals surface area contributed by atoms with Gasteiger partial charge in [-0.3, -0.25) is 10.1 Å². The van der Waals surface area contributed by atoms with E-state index in [2.05, 4.69) is 12.2 Å². The highest BCUT2D eigenvalue weighted by molar-refractivity contribution is 7.14. The highest BCUT2D eigenvalue weighted by Gasteiger charge is 2.21. The number of esters is 1. The molecule has 0 aliphatic heterocycles. The lowest BCUT2D eigenvalue weighted by Gasteiger charge is -2.16. The van der Waals surface area contributed by atoms with Crippen LogP contribution in [0.1, 0.15) is 33.5 Å². The van der Waals surface area contributed by atoms with Crippen molar-refractivity contribution in [2.75, 3.05) is 13.7 Å². The molecule has 1 aliphatic carbocycles. The van der Waals surface area contributed by atoms with Crippen LogP contribution >= 0.6 is 11.3 Å². The maximum atomic E-state index is 11.9. The summed E-state index contributed by atoms with van der Waals surface area (Å²) in [5, 5.41) is 4.27. The van der Waals surface area contributed by atoms with Gasteiger partial charge in [0.25, 0.3) is 5.91 Å². The standard InChI is InChI=1S/C14H18N2O4S/c1-8-3-4-10-9(5-8)6-11(21-10)13(18)20-7-12(17)16-14(19)15-2/h6,8H,3-5,7H2,1-2H3,(H2,15,16,17,19)/t8-/m0/s1. The van der Waals surface area contributed by atoms with E-state index < -0.39 is 24.5 Å². The van der Waals surface area contributed by atoms with Gasteiger partial charge in [-0.25, -0.2) is 9.59 Å². The molecule has 1 aliphatic rings. The first kappa shape index (κ1) is 15.5. The van der Waals surface area contributed by atoms with Crippen LogP contribution < -0.4 is 10.6 Å². The molecule has 0 radical (unpaired) electrons. The van der Waals surface area contributed by atoms with E-state index >= 15 is 0 Å². The number of carbonyl (C=O) groups excluding carboxylic acids is 3. The Morgan fingerprint density at radius 2 is 2.19 bits per heavy atom. The molecule has 0 spiro atoms.